The normalized spacial score (nSPS) is 11.0. The Morgan fingerprint density at radius 2 is 1.86 bits per heavy atom. The van der Waals surface area contributed by atoms with Crippen LogP contribution in [0, 0.1) is 17.6 Å². The van der Waals surface area contributed by atoms with E-state index >= 15 is 0 Å². The fourth-order valence-corrected chi connectivity index (χ4v) is 2.02. The molecule has 0 atom stereocenters. The van der Waals surface area contributed by atoms with E-state index in [4.69, 9.17) is 5.11 Å². The van der Waals surface area contributed by atoms with Crippen LogP contribution in [0.3, 0.4) is 0 Å². The van der Waals surface area contributed by atoms with Crippen LogP contribution in [0.15, 0.2) is 24.5 Å². The maximum atomic E-state index is 13.6. The molecule has 0 unspecified atom stereocenters. The number of nitrogens with zero attached hydrogens (tertiary/aromatic N) is 2. The molecule has 0 amide bonds. The van der Waals surface area contributed by atoms with Crippen LogP contribution < -0.4 is 0 Å². The molecule has 0 fully saturated rings. The van der Waals surface area contributed by atoms with Gasteiger partial charge in [0.15, 0.2) is 5.78 Å². The molecule has 0 bridgehead atoms. The molecule has 1 aromatic heterocycles. The van der Waals surface area contributed by atoms with Gasteiger partial charge in [-0.1, -0.05) is 13.8 Å². The minimum Gasteiger partial charge on any atom is -0.477 e. The summed E-state index contributed by atoms with van der Waals surface area (Å²) >= 11 is 0. The van der Waals surface area contributed by atoms with Gasteiger partial charge in [-0.25, -0.2) is 13.6 Å². The van der Waals surface area contributed by atoms with Crippen molar-refractivity contribution in [3.63, 3.8) is 0 Å². The van der Waals surface area contributed by atoms with Crippen molar-refractivity contribution in [2.75, 3.05) is 0 Å². The minimum atomic E-state index is -1.66. The standard InChI is InChI=1S/C15H14F2N2O3/c1-8(2)14(20)10-5-18-19(7-10)6-9-3-11(16)13(15(21)22)12(17)4-9/h3-5,7-8H,6H2,1-2H3,(H,21,22). The Morgan fingerprint density at radius 3 is 2.36 bits per heavy atom. The van der Waals surface area contributed by atoms with Crippen molar-refractivity contribution in [3.05, 3.63) is 52.9 Å². The van der Waals surface area contributed by atoms with Gasteiger partial charge in [0.05, 0.1) is 18.3 Å². The number of aromatic nitrogens is 2. The van der Waals surface area contributed by atoms with Gasteiger partial charge in [0, 0.05) is 12.1 Å². The number of aromatic carboxylic acids is 1. The van der Waals surface area contributed by atoms with Crippen molar-refractivity contribution in [2.45, 2.75) is 20.4 Å². The van der Waals surface area contributed by atoms with Crippen LogP contribution in [-0.4, -0.2) is 26.6 Å². The maximum Gasteiger partial charge on any atom is 0.341 e. The SMILES string of the molecule is CC(C)C(=O)c1cnn(Cc2cc(F)c(C(=O)O)c(F)c2)c1. The molecular weight excluding hydrogens is 294 g/mol. The predicted molar refractivity (Wildman–Crippen MR) is 73.8 cm³/mol. The first kappa shape index (κ1) is 15.8. The number of Topliss-reactive ketones (excluding diaryl/α,β-unsaturated/α-hetero) is 1. The number of benzene rings is 1. The molecule has 0 saturated carbocycles. The van der Waals surface area contributed by atoms with Crippen LogP contribution in [-0.2, 0) is 6.54 Å². The number of carboxylic acids is 1. The monoisotopic (exact) mass is 308 g/mol. The zero-order valence-corrected chi connectivity index (χ0v) is 12.0. The molecule has 5 nitrogen and oxygen atoms in total. The molecule has 0 aliphatic heterocycles. The Morgan fingerprint density at radius 1 is 1.27 bits per heavy atom. The fraction of sp³-hybridized carbons (Fsp3) is 0.267. The molecule has 22 heavy (non-hydrogen) atoms. The number of carboxylic acid groups (broad SMARTS) is 1. The zero-order chi connectivity index (χ0) is 16.4. The van der Waals surface area contributed by atoms with Crippen molar-refractivity contribution < 1.29 is 23.5 Å². The van der Waals surface area contributed by atoms with E-state index in [1.54, 1.807) is 13.8 Å². The fourth-order valence-electron chi connectivity index (χ4n) is 2.02. The largest absolute Gasteiger partial charge is 0.477 e. The molecule has 0 saturated heterocycles. The highest BCUT2D eigenvalue weighted by molar-refractivity contribution is 5.96. The molecule has 7 heteroatoms. The summed E-state index contributed by atoms with van der Waals surface area (Å²) in [7, 11) is 0. The lowest BCUT2D eigenvalue weighted by Gasteiger charge is -2.05. The van der Waals surface area contributed by atoms with Gasteiger partial charge in [0.2, 0.25) is 0 Å². The second-order valence-electron chi connectivity index (χ2n) is 5.19. The van der Waals surface area contributed by atoms with E-state index in [9.17, 15) is 18.4 Å². The number of carbonyl (C=O) groups is 2. The van der Waals surface area contributed by atoms with Crippen LogP contribution in [0.1, 0.15) is 40.1 Å². The Kier molecular flexibility index (Phi) is 4.35. The molecule has 1 aromatic carbocycles. The molecule has 1 N–H and O–H groups in total. The molecule has 0 aliphatic carbocycles. The average Bonchev–Trinajstić information content (AvgIpc) is 2.84. The zero-order valence-electron chi connectivity index (χ0n) is 12.0. The highest BCUT2D eigenvalue weighted by Gasteiger charge is 2.18. The maximum absolute atomic E-state index is 13.6. The molecule has 0 radical (unpaired) electrons. The number of hydrogen-bond acceptors (Lipinski definition) is 3. The van der Waals surface area contributed by atoms with Crippen molar-refractivity contribution in [3.8, 4) is 0 Å². The third kappa shape index (κ3) is 3.19. The molecule has 116 valence electrons. The lowest BCUT2D eigenvalue weighted by molar-refractivity contribution is 0.0686. The Bertz CT molecular complexity index is 715. The smallest absolute Gasteiger partial charge is 0.341 e. The van der Waals surface area contributed by atoms with Crippen LogP contribution in [0.2, 0.25) is 0 Å². The third-order valence-corrected chi connectivity index (χ3v) is 3.10. The van der Waals surface area contributed by atoms with Gasteiger partial charge in [-0.3, -0.25) is 9.48 Å². The van der Waals surface area contributed by atoms with E-state index < -0.39 is 23.2 Å². The van der Waals surface area contributed by atoms with Crippen LogP contribution in [0.25, 0.3) is 0 Å². The Balaban J connectivity index is 2.25. The van der Waals surface area contributed by atoms with Gasteiger partial charge >= 0.3 is 5.97 Å². The summed E-state index contributed by atoms with van der Waals surface area (Å²) in [4.78, 5) is 22.5. The molecule has 1 heterocycles. The van der Waals surface area contributed by atoms with Crippen LogP contribution >= 0.6 is 0 Å². The van der Waals surface area contributed by atoms with Crippen molar-refractivity contribution >= 4 is 11.8 Å². The van der Waals surface area contributed by atoms with Gasteiger partial charge in [0.1, 0.15) is 17.2 Å². The molecule has 0 aliphatic rings. The van der Waals surface area contributed by atoms with E-state index in [0.29, 0.717) is 5.56 Å². The van der Waals surface area contributed by atoms with Gasteiger partial charge < -0.3 is 5.11 Å². The lowest BCUT2D eigenvalue weighted by Crippen LogP contribution is -2.08. The third-order valence-electron chi connectivity index (χ3n) is 3.10. The van der Waals surface area contributed by atoms with E-state index in [0.717, 1.165) is 12.1 Å². The molecule has 2 aromatic rings. The van der Waals surface area contributed by atoms with Crippen LogP contribution in [0.5, 0.6) is 0 Å². The number of ketones is 1. The summed E-state index contributed by atoms with van der Waals surface area (Å²) in [5.74, 6) is -4.21. The summed E-state index contributed by atoms with van der Waals surface area (Å²) in [6.07, 6.45) is 2.88. The van der Waals surface area contributed by atoms with Crippen molar-refractivity contribution in [1.82, 2.24) is 9.78 Å². The topological polar surface area (TPSA) is 72.2 Å². The Labute approximate surface area is 125 Å². The first-order valence-electron chi connectivity index (χ1n) is 6.57. The minimum absolute atomic E-state index is 0.0269. The quantitative estimate of drug-likeness (QED) is 0.862. The molecule has 2 rings (SSSR count). The predicted octanol–water partition coefficient (Wildman–Crippen LogP) is 2.75. The van der Waals surface area contributed by atoms with Crippen molar-refractivity contribution in [1.29, 1.82) is 0 Å². The summed E-state index contributed by atoms with van der Waals surface area (Å²) in [5, 5.41) is 12.7. The highest BCUT2D eigenvalue weighted by Crippen LogP contribution is 2.17. The summed E-state index contributed by atoms with van der Waals surface area (Å²) < 4.78 is 28.6. The second kappa shape index (κ2) is 6.05. The van der Waals surface area contributed by atoms with Crippen molar-refractivity contribution in [2.24, 2.45) is 5.92 Å². The lowest BCUT2D eigenvalue weighted by atomic mass is 10.0. The van der Waals surface area contributed by atoms with E-state index in [1.165, 1.54) is 17.1 Å². The summed E-state index contributed by atoms with van der Waals surface area (Å²) in [6, 6.07) is 1.89. The van der Waals surface area contributed by atoms with E-state index in [-0.39, 0.29) is 23.8 Å². The van der Waals surface area contributed by atoms with Gasteiger partial charge in [-0.15, -0.1) is 0 Å². The number of carbonyl (C=O) groups excluding carboxylic acids is 1. The first-order chi connectivity index (χ1) is 10.3. The van der Waals surface area contributed by atoms with E-state index in [2.05, 4.69) is 5.10 Å². The van der Waals surface area contributed by atoms with Gasteiger partial charge in [0.25, 0.3) is 0 Å². The second-order valence-corrected chi connectivity index (χ2v) is 5.19. The Hall–Kier alpha value is -2.57. The average molecular weight is 308 g/mol. The van der Waals surface area contributed by atoms with Gasteiger partial charge in [-0.05, 0) is 17.7 Å². The van der Waals surface area contributed by atoms with E-state index in [1.807, 2.05) is 0 Å². The number of halogens is 2. The summed E-state index contributed by atoms with van der Waals surface area (Å²) in [5.41, 5.74) is -0.357. The summed E-state index contributed by atoms with van der Waals surface area (Å²) in [6.45, 7) is 3.54. The molecular formula is C15H14F2N2O3. The first-order valence-corrected chi connectivity index (χ1v) is 6.57. The number of rotatable bonds is 5. The molecule has 0 spiro atoms. The highest BCUT2D eigenvalue weighted by atomic mass is 19.1. The van der Waals surface area contributed by atoms with Gasteiger partial charge in [-0.2, -0.15) is 5.10 Å². The number of hydrogen-bond donors (Lipinski definition) is 1. The van der Waals surface area contributed by atoms with Crippen LogP contribution in [0.4, 0.5) is 8.78 Å².